The van der Waals surface area contributed by atoms with Gasteiger partial charge in [-0.05, 0) is 13.0 Å². The average Bonchev–Trinajstić information content (AvgIpc) is 2.89. The number of rotatable bonds is 4. The fourth-order valence-electron chi connectivity index (χ4n) is 2.09. The number of para-hydroxylation sites is 1. The van der Waals surface area contributed by atoms with Crippen LogP contribution in [0.1, 0.15) is 21.8 Å². The number of fused-ring (bicyclic) bond motifs is 1. The van der Waals surface area contributed by atoms with Gasteiger partial charge >= 0.3 is 5.97 Å². The molecule has 6 heteroatoms. The maximum Gasteiger partial charge on any atom is 0.340 e. The van der Waals surface area contributed by atoms with E-state index in [1.165, 1.54) is 6.20 Å². The van der Waals surface area contributed by atoms with E-state index in [4.69, 9.17) is 9.26 Å². The molecule has 0 aliphatic heterocycles. The highest BCUT2D eigenvalue weighted by atomic mass is 16.5. The van der Waals surface area contributed by atoms with Crippen molar-refractivity contribution < 1.29 is 19.2 Å². The Morgan fingerprint density at radius 2 is 2.19 bits per heavy atom. The summed E-state index contributed by atoms with van der Waals surface area (Å²) in [7, 11) is 0. The van der Waals surface area contributed by atoms with Crippen LogP contribution < -0.4 is 4.74 Å². The molecule has 0 bridgehead atoms. The van der Waals surface area contributed by atoms with E-state index in [0.717, 1.165) is 5.69 Å². The number of pyridine rings is 1. The third-order valence-electron chi connectivity index (χ3n) is 3.00. The second kappa shape index (κ2) is 5.24. The van der Waals surface area contributed by atoms with Gasteiger partial charge in [-0.1, -0.05) is 23.4 Å². The van der Waals surface area contributed by atoms with E-state index >= 15 is 0 Å². The predicted molar refractivity (Wildman–Crippen MR) is 74.3 cm³/mol. The lowest BCUT2D eigenvalue weighted by molar-refractivity contribution is 0.0693. The van der Waals surface area contributed by atoms with Gasteiger partial charge in [0.1, 0.15) is 12.2 Å². The molecule has 6 nitrogen and oxygen atoms in total. The molecule has 0 atom stereocenters. The molecule has 0 aliphatic rings. The third-order valence-corrected chi connectivity index (χ3v) is 3.00. The molecule has 0 saturated heterocycles. The van der Waals surface area contributed by atoms with Gasteiger partial charge in [-0.2, -0.15) is 0 Å². The molecule has 21 heavy (non-hydrogen) atoms. The summed E-state index contributed by atoms with van der Waals surface area (Å²) in [6, 6.07) is 8.76. The van der Waals surface area contributed by atoms with Crippen molar-refractivity contribution in [1.82, 2.24) is 10.1 Å². The number of carboxylic acids is 1. The van der Waals surface area contributed by atoms with Crippen LogP contribution in [0.15, 0.2) is 41.1 Å². The van der Waals surface area contributed by atoms with Crippen LogP contribution in [0.25, 0.3) is 10.9 Å². The summed E-state index contributed by atoms with van der Waals surface area (Å²) in [4.78, 5) is 15.7. The van der Waals surface area contributed by atoms with Gasteiger partial charge in [0, 0.05) is 11.5 Å². The number of carboxylic acid groups (broad SMARTS) is 1. The van der Waals surface area contributed by atoms with Crippen molar-refractivity contribution in [3.05, 3.63) is 53.5 Å². The van der Waals surface area contributed by atoms with E-state index in [-0.39, 0.29) is 17.9 Å². The molecule has 0 aliphatic carbocycles. The Morgan fingerprint density at radius 1 is 1.38 bits per heavy atom. The summed E-state index contributed by atoms with van der Waals surface area (Å²) in [6.45, 7) is 1.90. The average molecular weight is 284 g/mol. The molecule has 0 spiro atoms. The Kier molecular flexibility index (Phi) is 3.27. The highest BCUT2D eigenvalue weighted by molar-refractivity contribution is 6.04. The standard InChI is InChI=1S/C15H12N2O4/c1-9-6-10(21-17-9)8-20-13-7-16-12-5-3-2-4-11(12)14(13)15(18)19/h2-7H,8H2,1H3,(H,18,19). The van der Waals surface area contributed by atoms with E-state index in [0.29, 0.717) is 16.7 Å². The Labute approximate surface area is 120 Å². The molecule has 1 aromatic carbocycles. The molecule has 2 aromatic heterocycles. The van der Waals surface area contributed by atoms with Crippen molar-refractivity contribution >= 4 is 16.9 Å². The van der Waals surface area contributed by atoms with E-state index < -0.39 is 5.97 Å². The number of aryl methyl sites for hydroxylation is 1. The van der Waals surface area contributed by atoms with Crippen LogP contribution in [-0.2, 0) is 6.61 Å². The molecule has 0 unspecified atom stereocenters. The largest absolute Gasteiger partial charge is 0.483 e. The zero-order valence-corrected chi connectivity index (χ0v) is 11.2. The zero-order chi connectivity index (χ0) is 14.8. The summed E-state index contributed by atoms with van der Waals surface area (Å²) < 4.78 is 10.6. The topological polar surface area (TPSA) is 85.5 Å². The first-order chi connectivity index (χ1) is 10.1. The van der Waals surface area contributed by atoms with Gasteiger partial charge in [-0.15, -0.1) is 0 Å². The van der Waals surface area contributed by atoms with Crippen LogP contribution in [0.2, 0.25) is 0 Å². The monoisotopic (exact) mass is 284 g/mol. The molecule has 3 aromatic rings. The second-order valence-electron chi connectivity index (χ2n) is 4.54. The van der Waals surface area contributed by atoms with Crippen molar-refractivity contribution in [3.8, 4) is 5.75 Å². The molecule has 0 fully saturated rings. The number of aromatic nitrogens is 2. The number of hydrogen-bond acceptors (Lipinski definition) is 5. The second-order valence-corrected chi connectivity index (χ2v) is 4.54. The number of ether oxygens (including phenoxy) is 1. The predicted octanol–water partition coefficient (Wildman–Crippen LogP) is 2.81. The normalized spacial score (nSPS) is 10.7. The number of carbonyl (C=O) groups is 1. The van der Waals surface area contributed by atoms with E-state index in [1.807, 2.05) is 0 Å². The van der Waals surface area contributed by atoms with Gasteiger partial charge in [-0.25, -0.2) is 4.79 Å². The molecule has 106 valence electrons. The minimum absolute atomic E-state index is 0.0943. The van der Waals surface area contributed by atoms with Gasteiger partial charge in [0.25, 0.3) is 0 Å². The molecule has 2 heterocycles. The minimum atomic E-state index is -1.06. The van der Waals surface area contributed by atoms with Crippen molar-refractivity contribution in [1.29, 1.82) is 0 Å². The van der Waals surface area contributed by atoms with Crippen LogP contribution in [0.4, 0.5) is 0 Å². The quantitative estimate of drug-likeness (QED) is 0.792. The van der Waals surface area contributed by atoms with E-state index in [1.54, 1.807) is 37.3 Å². The number of benzene rings is 1. The zero-order valence-electron chi connectivity index (χ0n) is 11.2. The van der Waals surface area contributed by atoms with Crippen molar-refractivity contribution in [2.24, 2.45) is 0 Å². The van der Waals surface area contributed by atoms with Crippen molar-refractivity contribution in [2.75, 3.05) is 0 Å². The Hall–Kier alpha value is -2.89. The van der Waals surface area contributed by atoms with Gasteiger partial charge < -0.3 is 14.4 Å². The minimum Gasteiger partial charge on any atom is -0.483 e. The summed E-state index contributed by atoms with van der Waals surface area (Å²) in [5.41, 5.74) is 1.44. The number of aromatic carboxylic acids is 1. The first-order valence-corrected chi connectivity index (χ1v) is 6.31. The lowest BCUT2D eigenvalue weighted by Gasteiger charge is -2.09. The SMILES string of the molecule is Cc1cc(COc2cnc3ccccc3c2C(=O)O)on1. The summed E-state index contributed by atoms with van der Waals surface area (Å²) >= 11 is 0. The Balaban J connectivity index is 1.97. The molecule has 1 N–H and O–H groups in total. The lowest BCUT2D eigenvalue weighted by Crippen LogP contribution is -2.05. The Bertz CT molecular complexity index is 810. The van der Waals surface area contributed by atoms with Crippen molar-refractivity contribution in [2.45, 2.75) is 13.5 Å². The summed E-state index contributed by atoms with van der Waals surface area (Å²) in [6.07, 6.45) is 1.41. The first-order valence-electron chi connectivity index (χ1n) is 6.31. The van der Waals surface area contributed by atoms with E-state index in [9.17, 15) is 9.90 Å². The number of nitrogens with zero attached hydrogens (tertiary/aromatic N) is 2. The molecular weight excluding hydrogens is 272 g/mol. The molecule has 3 rings (SSSR count). The highest BCUT2D eigenvalue weighted by Gasteiger charge is 2.17. The third kappa shape index (κ3) is 2.55. The molecule has 0 saturated carbocycles. The summed E-state index contributed by atoms with van der Waals surface area (Å²) in [5.74, 6) is -0.329. The van der Waals surface area contributed by atoms with Gasteiger partial charge in [0.05, 0.1) is 17.4 Å². The van der Waals surface area contributed by atoms with Gasteiger partial charge in [0.15, 0.2) is 11.5 Å². The molecular formula is C15H12N2O4. The first kappa shape index (κ1) is 13.1. The molecule has 0 radical (unpaired) electrons. The maximum absolute atomic E-state index is 11.5. The van der Waals surface area contributed by atoms with Crippen LogP contribution in [0.5, 0.6) is 5.75 Å². The fourth-order valence-corrected chi connectivity index (χ4v) is 2.09. The van der Waals surface area contributed by atoms with E-state index in [2.05, 4.69) is 10.1 Å². The number of hydrogen-bond donors (Lipinski definition) is 1. The van der Waals surface area contributed by atoms with Gasteiger partial charge in [0.2, 0.25) is 0 Å². The van der Waals surface area contributed by atoms with Crippen LogP contribution in [0.3, 0.4) is 0 Å². The van der Waals surface area contributed by atoms with Crippen LogP contribution >= 0.6 is 0 Å². The Morgan fingerprint density at radius 3 is 2.90 bits per heavy atom. The lowest BCUT2D eigenvalue weighted by atomic mass is 10.1. The molecule has 0 amide bonds. The smallest absolute Gasteiger partial charge is 0.340 e. The van der Waals surface area contributed by atoms with Gasteiger partial charge in [-0.3, -0.25) is 4.98 Å². The summed E-state index contributed by atoms with van der Waals surface area (Å²) in [5, 5.41) is 13.7. The highest BCUT2D eigenvalue weighted by Crippen LogP contribution is 2.26. The van der Waals surface area contributed by atoms with Crippen molar-refractivity contribution in [3.63, 3.8) is 0 Å². The van der Waals surface area contributed by atoms with Crippen LogP contribution in [0, 0.1) is 6.92 Å². The maximum atomic E-state index is 11.5. The van der Waals surface area contributed by atoms with Crippen LogP contribution in [-0.4, -0.2) is 21.2 Å². The fraction of sp³-hybridized carbons (Fsp3) is 0.133.